The third-order valence-corrected chi connectivity index (χ3v) is 2.92. The third-order valence-electron chi connectivity index (χ3n) is 2.92. The molecule has 0 radical (unpaired) electrons. The van der Waals surface area contributed by atoms with E-state index in [1.54, 1.807) is 14.0 Å². The zero-order chi connectivity index (χ0) is 11.6. The molecule has 0 saturated carbocycles. The second-order valence-electron chi connectivity index (χ2n) is 4.06. The van der Waals surface area contributed by atoms with Gasteiger partial charge in [0.25, 0.3) is 0 Å². The van der Waals surface area contributed by atoms with Gasteiger partial charge in [-0.3, -0.25) is 4.79 Å². The lowest BCUT2D eigenvalue weighted by atomic mass is 9.87. The van der Waals surface area contributed by atoms with Gasteiger partial charge in [-0.15, -0.1) is 0 Å². The van der Waals surface area contributed by atoms with Crippen LogP contribution >= 0.6 is 0 Å². The van der Waals surface area contributed by atoms with Gasteiger partial charge in [0.2, 0.25) is 5.91 Å². The lowest BCUT2D eigenvalue weighted by Gasteiger charge is -2.28. The molecule has 1 aromatic rings. The van der Waals surface area contributed by atoms with Crippen molar-refractivity contribution in [1.29, 1.82) is 0 Å². The standard InChI is InChI=1S/C12H18N2O/c1-8-5-6-9(2)10(7-8)12(3,14-4)11(13)15/h5-7,14H,1-4H3,(H2,13,15). The highest BCUT2D eigenvalue weighted by Crippen LogP contribution is 2.24. The molecule has 0 bridgehead atoms. The quantitative estimate of drug-likeness (QED) is 0.781. The molecule has 82 valence electrons. The van der Waals surface area contributed by atoms with Crippen molar-refractivity contribution in [2.24, 2.45) is 5.73 Å². The third kappa shape index (κ3) is 2.02. The fourth-order valence-electron chi connectivity index (χ4n) is 1.67. The monoisotopic (exact) mass is 206 g/mol. The van der Waals surface area contributed by atoms with Gasteiger partial charge < -0.3 is 11.1 Å². The molecule has 0 fully saturated rings. The molecule has 0 aliphatic heterocycles. The van der Waals surface area contributed by atoms with Gasteiger partial charge in [0.05, 0.1) is 0 Å². The molecule has 3 heteroatoms. The number of aryl methyl sites for hydroxylation is 2. The van der Waals surface area contributed by atoms with Crippen LogP contribution in [-0.2, 0) is 10.3 Å². The summed E-state index contributed by atoms with van der Waals surface area (Å²) in [6.07, 6.45) is 0. The lowest BCUT2D eigenvalue weighted by molar-refractivity contribution is -0.123. The van der Waals surface area contributed by atoms with E-state index < -0.39 is 5.54 Å². The van der Waals surface area contributed by atoms with Crippen LogP contribution in [0.5, 0.6) is 0 Å². The predicted molar refractivity (Wildman–Crippen MR) is 61.5 cm³/mol. The van der Waals surface area contributed by atoms with E-state index in [-0.39, 0.29) is 5.91 Å². The molecule has 1 rings (SSSR count). The molecule has 0 aromatic heterocycles. The van der Waals surface area contributed by atoms with Crippen molar-refractivity contribution in [2.45, 2.75) is 26.3 Å². The number of hydrogen-bond donors (Lipinski definition) is 2. The highest BCUT2D eigenvalue weighted by molar-refractivity contribution is 5.86. The van der Waals surface area contributed by atoms with Gasteiger partial charge in [0, 0.05) is 0 Å². The molecule has 1 unspecified atom stereocenters. The maximum absolute atomic E-state index is 11.5. The van der Waals surface area contributed by atoms with Crippen molar-refractivity contribution in [3.63, 3.8) is 0 Å². The van der Waals surface area contributed by atoms with E-state index in [1.807, 2.05) is 32.0 Å². The summed E-state index contributed by atoms with van der Waals surface area (Å²) in [5.74, 6) is -0.362. The van der Waals surface area contributed by atoms with Crippen LogP contribution in [-0.4, -0.2) is 13.0 Å². The molecule has 0 aliphatic carbocycles. The summed E-state index contributed by atoms with van der Waals surface area (Å²) in [5.41, 5.74) is 7.77. The Morgan fingerprint density at radius 1 is 1.40 bits per heavy atom. The lowest BCUT2D eigenvalue weighted by Crippen LogP contribution is -2.49. The zero-order valence-electron chi connectivity index (χ0n) is 9.72. The summed E-state index contributed by atoms with van der Waals surface area (Å²) in [6.45, 7) is 5.78. The van der Waals surface area contributed by atoms with Crippen LogP contribution in [0.1, 0.15) is 23.6 Å². The second-order valence-corrected chi connectivity index (χ2v) is 4.06. The number of carbonyl (C=O) groups is 1. The number of primary amides is 1. The van der Waals surface area contributed by atoms with E-state index in [2.05, 4.69) is 5.32 Å². The minimum Gasteiger partial charge on any atom is -0.368 e. The van der Waals surface area contributed by atoms with Gasteiger partial charge in [0.1, 0.15) is 5.54 Å². The maximum atomic E-state index is 11.5. The fourth-order valence-corrected chi connectivity index (χ4v) is 1.67. The minimum absolute atomic E-state index is 0.362. The Morgan fingerprint density at radius 2 is 2.00 bits per heavy atom. The molecule has 3 nitrogen and oxygen atoms in total. The van der Waals surface area contributed by atoms with Crippen LogP contribution in [0.4, 0.5) is 0 Å². The summed E-state index contributed by atoms with van der Waals surface area (Å²) >= 11 is 0. The Bertz CT molecular complexity index is 387. The Morgan fingerprint density at radius 3 is 2.47 bits per heavy atom. The first-order valence-corrected chi connectivity index (χ1v) is 4.98. The summed E-state index contributed by atoms with van der Waals surface area (Å²) in [4.78, 5) is 11.5. The first-order valence-electron chi connectivity index (χ1n) is 4.98. The van der Waals surface area contributed by atoms with E-state index in [1.165, 1.54) is 0 Å². The van der Waals surface area contributed by atoms with Crippen LogP contribution in [0.2, 0.25) is 0 Å². The highest BCUT2D eigenvalue weighted by atomic mass is 16.1. The molecule has 0 heterocycles. The number of nitrogens with one attached hydrogen (secondary N) is 1. The molecule has 15 heavy (non-hydrogen) atoms. The van der Waals surface area contributed by atoms with E-state index >= 15 is 0 Å². The number of benzene rings is 1. The Labute approximate surface area is 90.7 Å². The zero-order valence-corrected chi connectivity index (χ0v) is 9.72. The Balaban J connectivity index is 3.35. The van der Waals surface area contributed by atoms with Crippen molar-refractivity contribution >= 4 is 5.91 Å². The number of likely N-dealkylation sites (N-methyl/N-ethyl adjacent to an activating group) is 1. The van der Waals surface area contributed by atoms with Gasteiger partial charge in [0.15, 0.2) is 0 Å². The van der Waals surface area contributed by atoms with E-state index in [4.69, 9.17) is 5.73 Å². The SMILES string of the molecule is CNC(C)(C(N)=O)c1cc(C)ccc1C. The number of rotatable bonds is 3. The van der Waals surface area contributed by atoms with E-state index in [0.29, 0.717) is 0 Å². The van der Waals surface area contributed by atoms with Crippen molar-refractivity contribution in [3.8, 4) is 0 Å². The molecular formula is C12H18N2O. The molecule has 3 N–H and O–H groups in total. The predicted octanol–water partition coefficient (Wildman–Crippen LogP) is 1.22. The van der Waals surface area contributed by atoms with Crippen LogP contribution in [0.25, 0.3) is 0 Å². The summed E-state index contributed by atoms with van der Waals surface area (Å²) in [7, 11) is 1.74. The Hall–Kier alpha value is -1.35. The Kier molecular flexibility index (Phi) is 3.15. The minimum atomic E-state index is -0.796. The first-order chi connectivity index (χ1) is 6.91. The van der Waals surface area contributed by atoms with Crippen molar-refractivity contribution in [1.82, 2.24) is 5.32 Å². The molecular weight excluding hydrogens is 188 g/mol. The molecule has 1 amide bonds. The van der Waals surface area contributed by atoms with Gasteiger partial charge >= 0.3 is 0 Å². The van der Waals surface area contributed by atoms with E-state index in [0.717, 1.165) is 16.7 Å². The fraction of sp³-hybridized carbons (Fsp3) is 0.417. The normalized spacial score (nSPS) is 14.7. The van der Waals surface area contributed by atoms with Gasteiger partial charge in [-0.25, -0.2) is 0 Å². The van der Waals surface area contributed by atoms with E-state index in [9.17, 15) is 4.79 Å². The number of amides is 1. The van der Waals surface area contributed by atoms with Gasteiger partial charge in [-0.1, -0.05) is 23.8 Å². The first kappa shape index (κ1) is 11.7. The maximum Gasteiger partial charge on any atom is 0.242 e. The van der Waals surface area contributed by atoms with Gasteiger partial charge in [-0.2, -0.15) is 0 Å². The van der Waals surface area contributed by atoms with Crippen LogP contribution < -0.4 is 11.1 Å². The molecule has 0 spiro atoms. The number of nitrogens with two attached hydrogens (primary N) is 1. The van der Waals surface area contributed by atoms with Crippen molar-refractivity contribution in [2.75, 3.05) is 7.05 Å². The molecule has 0 saturated heterocycles. The largest absolute Gasteiger partial charge is 0.368 e. The molecule has 1 aromatic carbocycles. The van der Waals surface area contributed by atoms with Crippen LogP contribution in [0.3, 0.4) is 0 Å². The number of hydrogen-bond acceptors (Lipinski definition) is 2. The second kappa shape index (κ2) is 4.03. The number of carbonyl (C=O) groups excluding carboxylic acids is 1. The summed E-state index contributed by atoms with van der Waals surface area (Å²) in [6, 6.07) is 6.02. The van der Waals surface area contributed by atoms with Crippen molar-refractivity contribution in [3.05, 3.63) is 34.9 Å². The topological polar surface area (TPSA) is 55.1 Å². The smallest absolute Gasteiger partial charge is 0.242 e. The highest BCUT2D eigenvalue weighted by Gasteiger charge is 2.32. The summed E-state index contributed by atoms with van der Waals surface area (Å²) in [5, 5.41) is 2.99. The van der Waals surface area contributed by atoms with Gasteiger partial charge in [-0.05, 0) is 38.9 Å². The molecule has 0 aliphatic rings. The average Bonchev–Trinajstić information content (AvgIpc) is 2.20. The van der Waals surface area contributed by atoms with Crippen molar-refractivity contribution < 1.29 is 4.79 Å². The van der Waals surface area contributed by atoms with Crippen LogP contribution in [0.15, 0.2) is 18.2 Å². The summed E-state index contributed by atoms with van der Waals surface area (Å²) < 4.78 is 0. The average molecular weight is 206 g/mol. The van der Waals surface area contributed by atoms with Crippen LogP contribution in [0, 0.1) is 13.8 Å². The molecule has 1 atom stereocenters.